The summed E-state index contributed by atoms with van der Waals surface area (Å²) >= 11 is 1.73. The van der Waals surface area contributed by atoms with E-state index in [1.807, 2.05) is 0 Å². The molecule has 4 rings (SSSR count). The van der Waals surface area contributed by atoms with Crippen LogP contribution in [0.4, 0.5) is 5.82 Å². The Hall–Kier alpha value is -1.47. The van der Waals surface area contributed by atoms with Crippen molar-refractivity contribution in [2.75, 3.05) is 11.1 Å². The molecule has 5 nitrogen and oxygen atoms in total. The van der Waals surface area contributed by atoms with Gasteiger partial charge in [-0.3, -0.25) is 0 Å². The minimum atomic E-state index is -3.05. The lowest BCUT2D eigenvalue weighted by molar-refractivity contribution is 0.605. The van der Waals surface area contributed by atoms with Crippen LogP contribution in [0.5, 0.6) is 0 Å². The van der Waals surface area contributed by atoms with Crippen molar-refractivity contribution >= 4 is 37.2 Å². The molecule has 20 heavy (non-hydrogen) atoms. The highest BCUT2D eigenvalue weighted by Gasteiger charge is 2.25. The first kappa shape index (κ1) is 12.3. The quantitative estimate of drug-likeness (QED) is 0.917. The second-order valence-electron chi connectivity index (χ2n) is 5.17. The fourth-order valence-electron chi connectivity index (χ4n) is 2.88. The number of hydrogen-bond acceptors (Lipinski definition) is 6. The van der Waals surface area contributed by atoms with Crippen molar-refractivity contribution in [2.24, 2.45) is 0 Å². The van der Waals surface area contributed by atoms with Crippen LogP contribution < -0.4 is 5.32 Å². The average Bonchev–Trinajstić information content (AvgIpc) is 3.03. The maximum atomic E-state index is 11.5. The number of aromatic nitrogens is 2. The van der Waals surface area contributed by atoms with Gasteiger partial charge in [-0.05, 0) is 30.9 Å². The number of rotatable bonds is 2. The van der Waals surface area contributed by atoms with Crippen LogP contribution in [0.2, 0.25) is 0 Å². The van der Waals surface area contributed by atoms with Crippen LogP contribution in [0, 0.1) is 0 Å². The van der Waals surface area contributed by atoms with Gasteiger partial charge in [0.15, 0.2) is 9.84 Å². The van der Waals surface area contributed by atoms with Crippen LogP contribution >= 0.6 is 11.3 Å². The summed E-state index contributed by atoms with van der Waals surface area (Å²) in [5.41, 5.74) is 1.35. The fraction of sp³-hybridized carbons (Fsp3) is 0.385. The molecule has 2 aromatic heterocycles. The van der Waals surface area contributed by atoms with Crippen LogP contribution in [0.25, 0.3) is 10.2 Å². The van der Waals surface area contributed by atoms with Gasteiger partial charge in [0, 0.05) is 10.3 Å². The van der Waals surface area contributed by atoms with Gasteiger partial charge in [-0.25, -0.2) is 18.4 Å². The minimum absolute atomic E-state index is 0.102. The molecule has 104 valence electrons. The minimum Gasteiger partial charge on any atom is -0.362 e. The summed E-state index contributed by atoms with van der Waals surface area (Å²) in [6, 6.07) is -0.199. The van der Waals surface area contributed by atoms with Crippen molar-refractivity contribution in [3.8, 4) is 0 Å². The Bertz CT molecular complexity index is 823. The Labute approximate surface area is 120 Å². The molecule has 0 saturated carbocycles. The zero-order valence-electron chi connectivity index (χ0n) is 10.7. The Balaban J connectivity index is 1.75. The lowest BCUT2D eigenvalue weighted by Crippen LogP contribution is -2.21. The van der Waals surface area contributed by atoms with Gasteiger partial charge in [-0.1, -0.05) is 0 Å². The summed E-state index contributed by atoms with van der Waals surface area (Å²) in [5.74, 6) is 0.867. The molecular formula is C13H13N3O2S2. The number of fused-ring (bicyclic) bond motifs is 3. The second kappa shape index (κ2) is 4.26. The molecule has 0 aromatic carbocycles. The van der Waals surface area contributed by atoms with Gasteiger partial charge in [0.05, 0.1) is 17.2 Å². The molecule has 3 heterocycles. The summed E-state index contributed by atoms with van der Waals surface area (Å²) < 4.78 is 22.9. The standard InChI is InChI=1S/C13H13N3O2S2/c17-20(18)5-4-8(6-20)16-12-11-9-2-1-3-10(9)19-13(11)15-7-14-12/h4-5,7-8H,1-3,6H2,(H,14,15,16)/t8-/m1/s1. The molecule has 7 heteroatoms. The zero-order valence-corrected chi connectivity index (χ0v) is 12.3. The molecule has 1 N–H and O–H groups in total. The van der Waals surface area contributed by atoms with E-state index in [2.05, 4.69) is 15.3 Å². The number of sulfone groups is 1. The molecule has 0 fully saturated rings. The van der Waals surface area contributed by atoms with Gasteiger partial charge >= 0.3 is 0 Å². The number of anilines is 1. The molecule has 0 saturated heterocycles. The van der Waals surface area contributed by atoms with Gasteiger partial charge in [0.1, 0.15) is 17.0 Å². The molecule has 1 aliphatic carbocycles. The SMILES string of the molecule is O=S1(=O)C=C[C@@H](Nc2ncnc3sc4c(c23)CCC4)C1. The van der Waals surface area contributed by atoms with E-state index in [0.717, 1.165) is 28.9 Å². The van der Waals surface area contributed by atoms with Gasteiger partial charge < -0.3 is 5.32 Å². The highest BCUT2D eigenvalue weighted by Crippen LogP contribution is 2.39. The molecule has 0 spiro atoms. The predicted molar refractivity (Wildman–Crippen MR) is 79.8 cm³/mol. The molecule has 2 aliphatic rings. The summed E-state index contributed by atoms with van der Waals surface area (Å²) in [5, 5.41) is 5.61. The van der Waals surface area contributed by atoms with Gasteiger partial charge in [-0.15, -0.1) is 11.3 Å². The third-order valence-corrected chi connectivity index (χ3v) is 6.35. The Kier molecular flexibility index (Phi) is 2.62. The summed E-state index contributed by atoms with van der Waals surface area (Å²) in [6.45, 7) is 0. The topological polar surface area (TPSA) is 72.0 Å². The second-order valence-corrected chi connectivity index (χ2v) is 8.18. The number of thiophene rings is 1. The van der Waals surface area contributed by atoms with Crippen LogP contribution in [0.15, 0.2) is 17.8 Å². The molecule has 2 aromatic rings. The number of nitrogens with zero attached hydrogens (tertiary/aromatic N) is 2. The highest BCUT2D eigenvalue weighted by molar-refractivity contribution is 7.94. The summed E-state index contributed by atoms with van der Waals surface area (Å²) in [6.07, 6.45) is 6.60. The first-order valence-electron chi connectivity index (χ1n) is 6.55. The zero-order chi connectivity index (χ0) is 13.7. The van der Waals surface area contributed by atoms with E-state index in [0.29, 0.717) is 0 Å². The predicted octanol–water partition coefficient (Wildman–Crippen LogP) is 1.90. The summed E-state index contributed by atoms with van der Waals surface area (Å²) in [4.78, 5) is 11.1. The van der Waals surface area contributed by atoms with E-state index < -0.39 is 9.84 Å². The number of aryl methyl sites for hydroxylation is 2. The van der Waals surface area contributed by atoms with Gasteiger partial charge in [0.2, 0.25) is 0 Å². The van der Waals surface area contributed by atoms with E-state index in [4.69, 9.17) is 0 Å². The first-order valence-corrected chi connectivity index (χ1v) is 9.08. The fourth-order valence-corrected chi connectivity index (χ4v) is 5.34. The molecule has 1 atom stereocenters. The van der Waals surface area contributed by atoms with Crippen LogP contribution in [-0.2, 0) is 22.7 Å². The normalized spacial score (nSPS) is 23.3. The van der Waals surface area contributed by atoms with Crippen molar-refractivity contribution in [3.05, 3.63) is 28.3 Å². The maximum absolute atomic E-state index is 11.5. The Morgan fingerprint density at radius 2 is 2.20 bits per heavy atom. The molecule has 0 bridgehead atoms. The molecule has 0 radical (unpaired) electrons. The maximum Gasteiger partial charge on any atom is 0.173 e. The molecular weight excluding hydrogens is 294 g/mol. The van der Waals surface area contributed by atoms with Crippen LogP contribution in [-0.4, -0.2) is 30.2 Å². The third kappa shape index (κ3) is 1.92. The average molecular weight is 307 g/mol. The Morgan fingerprint density at radius 1 is 1.30 bits per heavy atom. The van der Waals surface area contributed by atoms with Crippen LogP contribution in [0.3, 0.4) is 0 Å². The molecule has 1 aliphatic heterocycles. The summed E-state index contributed by atoms with van der Waals surface area (Å²) in [7, 11) is -3.05. The smallest absolute Gasteiger partial charge is 0.173 e. The third-order valence-electron chi connectivity index (χ3n) is 3.75. The van der Waals surface area contributed by atoms with Crippen molar-refractivity contribution in [1.82, 2.24) is 9.97 Å². The van der Waals surface area contributed by atoms with E-state index in [1.54, 1.807) is 23.7 Å². The molecule has 0 amide bonds. The van der Waals surface area contributed by atoms with Crippen LogP contribution in [0.1, 0.15) is 16.9 Å². The van der Waals surface area contributed by atoms with E-state index in [1.165, 1.54) is 22.3 Å². The number of nitrogens with one attached hydrogen (secondary N) is 1. The van der Waals surface area contributed by atoms with Crippen molar-refractivity contribution in [2.45, 2.75) is 25.3 Å². The largest absolute Gasteiger partial charge is 0.362 e. The Morgan fingerprint density at radius 3 is 3.00 bits per heavy atom. The first-order chi connectivity index (χ1) is 9.62. The van der Waals surface area contributed by atoms with Crippen molar-refractivity contribution in [3.63, 3.8) is 0 Å². The highest BCUT2D eigenvalue weighted by atomic mass is 32.2. The van der Waals surface area contributed by atoms with Crippen molar-refractivity contribution < 1.29 is 8.42 Å². The van der Waals surface area contributed by atoms with E-state index >= 15 is 0 Å². The van der Waals surface area contributed by atoms with E-state index in [-0.39, 0.29) is 11.8 Å². The monoisotopic (exact) mass is 307 g/mol. The van der Waals surface area contributed by atoms with Gasteiger partial charge in [-0.2, -0.15) is 0 Å². The lowest BCUT2D eigenvalue weighted by Gasteiger charge is -2.11. The van der Waals surface area contributed by atoms with Gasteiger partial charge in [0.25, 0.3) is 0 Å². The molecule has 0 unspecified atom stereocenters. The number of hydrogen-bond donors (Lipinski definition) is 1. The lowest BCUT2D eigenvalue weighted by atomic mass is 10.2. The van der Waals surface area contributed by atoms with Crippen molar-refractivity contribution in [1.29, 1.82) is 0 Å². The van der Waals surface area contributed by atoms with E-state index in [9.17, 15) is 8.42 Å².